The van der Waals surface area contributed by atoms with E-state index in [2.05, 4.69) is 25.3 Å². The van der Waals surface area contributed by atoms with Crippen LogP contribution in [0.3, 0.4) is 0 Å². The van der Waals surface area contributed by atoms with Crippen LogP contribution in [0.5, 0.6) is 11.5 Å². The van der Waals surface area contributed by atoms with E-state index in [4.69, 9.17) is 9.47 Å². The van der Waals surface area contributed by atoms with E-state index in [0.717, 1.165) is 12.0 Å². The molecule has 0 bridgehead atoms. The Hall–Kier alpha value is -2.54. The van der Waals surface area contributed by atoms with Crippen LogP contribution in [0, 0.1) is 5.92 Å². The van der Waals surface area contributed by atoms with Crippen LogP contribution in [0.4, 0.5) is 0 Å². The molecule has 0 fully saturated rings. The average molecular weight is 445 g/mol. The topological polar surface area (TPSA) is 59.1 Å². The minimum Gasteiger partial charge on any atom is -0.493 e. The Balaban J connectivity index is 1.79. The van der Waals surface area contributed by atoms with Gasteiger partial charge in [-0.25, -0.2) is 0 Å². The molecule has 1 aromatic heterocycles. The number of carbonyl (C=O) groups excluding carboxylic acids is 2. The number of rotatable bonds is 9. The number of fused-ring (bicyclic) bond motifs is 1. The predicted octanol–water partition coefficient (Wildman–Crippen LogP) is 4.16. The molecular formula is C24H32N2O4S. The highest BCUT2D eigenvalue weighted by Gasteiger charge is 2.33. The summed E-state index contributed by atoms with van der Waals surface area (Å²) in [5, 5.41) is 2.07. The summed E-state index contributed by atoms with van der Waals surface area (Å²) in [5.74, 6) is 1.60. The quantitative estimate of drug-likeness (QED) is 0.583. The molecule has 2 aromatic rings. The second-order valence-electron chi connectivity index (χ2n) is 8.14. The molecule has 1 aliphatic heterocycles. The smallest absolute Gasteiger partial charge is 0.242 e. The summed E-state index contributed by atoms with van der Waals surface area (Å²) in [6, 6.07) is 9.41. The number of nitrogens with zero attached hydrogens (tertiary/aromatic N) is 2. The predicted molar refractivity (Wildman–Crippen MR) is 123 cm³/mol. The highest BCUT2D eigenvalue weighted by atomic mass is 32.1. The van der Waals surface area contributed by atoms with Crippen LogP contribution < -0.4 is 9.47 Å². The van der Waals surface area contributed by atoms with Gasteiger partial charge in [-0.2, -0.15) is 0 Å². The van der Waals surface area contributed by atoms with Crippen LogP contribution in [0.25, 0.3) is 0 Å². The van der Waals surface area contributed by atoms with Crippen LogP contribution in [-0.4, -0.2) is 55.0 Å². The van der Waals surface area contributed by atoms with Crippen molar-refractivity contribution in [1.82, 2.24) is 9.80 Å². The number of thiophene rings is 1. The van der Waals surface area contributed by atoms with Crippen molar-refractivity contribution < 1.29 is 19.1 Å². The first-order chi connectivity index (χ1) is 14.9. The lowest BCUT2D eigenvalue weighted by molar-refractivity contribution is -0.143. The van der Waals surface area contributed by atoms with E-state index in [1.807, 2.05) is 36.1 Å². The first kappa shape index (κ1) is 23.1. The largest absolute Gasteiger partial charge is 0.493 e. The molecule has 2 amide bonds. The van der Waals surface area contributed by atoms with Gasteiger partial charge >= 0.3 is 0 Å². The number of hydrogen-bond donors (Lipinski definition) is 0. The van der Waals surface area contributed by atoms with Gasteiger partial charge in [0, 0.05) is 24.4 Å². The van der Waals surface area contributed by atoms with Crippen molar-refractivity contribution in [2.24, 2.45) is 5.92 Å². The van der Waals surface area contributed by atoms with Gasteiger partial charge in [-0.15, -0.1) is 11.3 Å². The molecule has 1 aromatic carbocycles. The number of hydrogen-bond acceptors (Lipinski definition) is 5. The second-order valence-corrected chi connectivity index (χ2v) is 9.14. The van der Waals surface area contributed by atoms with E-state index in [-0.39, 0.29) is 24.4 Å². The Kier molecular flexibility index (Phi) is 7.96. The molecule has 7 heteroatoms. The molecule has 0 N–H and O–H groups in total. The second kappa shape index (κ2) is 10.7. The van der Waals surface area contributed by atoms with Crippen LogP contribution >= 0.6 is 11.3 Å². The fraction of sp³-hybridized carbons (Fsp3) is 0.500. The molecule has 0 saturated carbocycles. The highest BCUT2D eigenvalue weighted by molar-refractivity contribution is 7.10. The Morgan fingerprint density at radius 3 is 2.65 bits per heavy atom. The van der Waals surface area contributed by atoms with Crippen molar-refractivity contribution in [2.45, 2.75) is 39.7 Å². The van der Waals surface area contributed by atoms with Gasteiger partial charge in [0.05, 0.1) is 19.7 Å². The van der Waals surface area contributed by atoms with E-state index in [1.54, 1.807) is 23.3 Å². The zero-order valence-electron chi connectivity index (χ0n) is 18.8. The van der Waals surface area contributed by atoms with Crippen molar-refractivity contribution in [2.75, 3.05) is 33.4 Å². The Morgan fingerprint density at radius 1 is 1.23 bits per heavy atom. The van der Waals surface area contributed by atoms with Gasteiger partial charge in [0.25, 0.3) is 0 Å². The maximum absolute atomic E-state index is 13.3. The lowest BCUT2D eigenvalue weighted by atomic mass is 10.00. The summed E-state index contributed by atoms with van der Waals surface area (Å²) in [6.45, 7) is 7.60. The molecule has 168 valence electrons. The van der Waals surface area contributed by atoms with E-state index in [9.17, 15) is 9.59 Å². The monoisotopic (exact) mass is 444 g/mol. The van der Waals surface area contributed by atoms with Crippen molar-refractivity contribution in [1.29, 1.82) is 0 Å². The van der Waals surface area contributed by atoms with Gasteiger partial charge in [0.2, 0.25) is 11.8 Å². The van der Waals surface area contributed by atoms with Gasteiger partial charge < -0.3 is 19.3 Å². The number of ether oxygens (including phenoxy) is 2. The lowest BCUT2D eigenvalue weighted by Crippen LogP contribution is -2.48. The van der Waals surface area contributed by atoms with Crippen LogP contribution in [0.1, 0.15) is 43.7 Å². The normalized spacial score (nSPS) is 15.5. The van der Waals surface area contributed by atoms with E-state index in [0.29, 0.717) is 43.5 Å². The third kappa shape index (κ3) is 5.58. The van der Waals surface area contributed by atoms with Gasteiger partial charge in [-0.05, 0) is 41.5 Å². The van der Waals surface area contributed by atoms with Crippen LogP contribution in [0.15, 0.2) is 35.7 Å². The minimum atomic E-state index is -0.190. The third-order valence-electron chi connectivity index (χ3n) is 5.45. The fourth-order valence-electron chi connectivity index (χ4n) is 3.95. The van der Waals surface area contributed by atoms with Gasteiger partial charge in [-0.3, -0.25) is 9.59 Å². The summed E-state index contributed by atoms with van der Waals surface area (Å²) < 4.78 is 11.5. The van der Waals surface area contributed by atoms with Crippen molar-refractivity contribution in [3.63, 3.8) is 0 Å². The average Bonchev–Trinajstić information content (AvgIpc) is 3.25. The van der Waals surface area contributed by atoms with Gasteiger partial charge in [0.15, 0.2) is 11.5 Å². The summed E-state index contributed by atoms with van der Waals surface area (Å²) in [7, 11) is 1.61. The first-order valence-corrected chi connectivity index (χ1v) is 11.7. The molecule has 0 saturated heterocycles. The van der Waals surface area contributed by atoms with E-state index < -0.39 is 0 Å². The molecule has 0 aliphatic carbocycles. The molecule has 31 heavy (non-hydrogen) atoms. The van der Waals surface area contributed by atoms with Gasteiger partial charge in [-0.1, -0.05) is 32.9 Å². The number of amides is 2. The molecule has 1 atom stereocenters. The molecule has 3 rings (SSSR count). The number of carbonyl (C=O) groups is 2. The fourth-order valence-corrected chi connectivity index (χ4v) is 4.88. The molecule has 0 unspecified atom stereocenters. The van der Waals surface area contributed by atoms with Crippen molar-refractivity contribution in [3.05, 3.63) is 46.2 Å². The molecule has 6 nitrogen and oxygen atoms in total. The summed E-state index contributed by atoms with van der Waals surface area (Å²) in [4.78, 5) is 30.6. The maximum Gasteiger partial charge on any atom is 0.242 e. The Bertz CT molecular complexity index is 895. The third-order valence-corrected chi connectivity index (χ3v) is 6.44. The minimum absolute atomic E-state index is 0.0112. The summed E-state index contributed by atoms with van der Waals surface area (Å²) >= 11 is 1.72. The molecule has 0 radical (unpaired) electrons. The molecule has 2 heterocycles. The van der Waals surface area contributed by atoms with Gasteiger partial charge in [0.1, 0.15) is 6.61 Å². The van der Waals surface area contributed by atoms with Crippen LogP contribution in [-0.2, 0) is 16.0 Å². The Morgan fingerprint density at radius 2 is 1.97 bits per heavy atom. The molecule has 1 aliphatic rings. The summed E-state index contributed by atoms with van der Waals surface area (Å²) in [6.07, 6.45) is 1.23. The number of benzene rings is 1. The highest BCUT2D eigenvalue weighted by Crippen LogP contribution is 2.35. The van der Waals surface area contributed by atoms with Crippen LogP contribution in [0.2, 0.25) is 0 Å². The van der Waals surface area contributed by atoms with E-state index >= 15 is 0 Å². The maximum atomic E-state index is 13.3. The van der Waals surface area contributed by atoms with E-state index in [1.165, 1.54) is 4.88 Å². The number of para-hydroxylation sites is 2. The SMILES string of the molecule is CCC(=O)N(CC(=O)N1CCc2sccc2[C@@H]1COc1ccccc1OC)CC(C)C. The van der Waals surface area contributed by atoms with Crippen molar-refractivity contribution in [3.8, 4) is 11.5 Å². The zero-order valence-corrected chi connectivity index (χ0v) is 19.6. The van der Waals surface area contributed by atoms with Crippen molar-refractivity contribution >= 4 is 23.2 Å². The Labute approximate surface area is 188 Å². The zero-order chi connectivity index (χ0) is 22.4. The molecular weight excluding hydrogens is 412 g/mol. The first-order valence-electron chi connectivity index (χ1n) is 10.8. The number of methoxy groups -OCH3 is 1. The summed E-state index contributed by atoms with van der Waals surface area (Å²) in [5.41, 5.74) is 1.14. The lowest BCUT2D eigenvalue weighted by Gasteiger charge is -2.37. The molecule has 0 spiro atoms. The standard InChI is InChI=1S/C24H32N2O4S/c1-5-23(27)25(14-17(2)3)15-24(28)26-12-10-22-18(11-13-31-22)19(26)16-30-21-9-7-6-8-20(21)29-4/h6-9,11,13,17,19H,5,10,12,14-16H2,1-4H3/t19-/m0/s1.